The largest absolute Gasteiger partial charge is 0.370 e. The SMILES string of the molecule is CN=C(NCc1cccc(C(=O)NCCN(C)C)c1)N1CCOC(c2cnn(C)c2)C1. The highest BCUT2D eigenvalue weighted by molar-refractivity contribution is 5.94. The fourth-order valence-corrected chi connectivity index (χ4v) is 3.48. The number of aromatic nitrogens is 2. The zero-order chi connectivity index (χ0) is 22.2. The molecule has 0 saturated carbocycles. The first kappa shape index (κ1) is 22.8. The Morgan fingerprint density at radius 2 is 2.19 bits per heavy atom. The number of ether oxygens (including phenoxy) is 1. The average molecular weight is 428 g/mol. The number of carbonyl (C=O) groups is 1. The lowest BCUT2D eigenvalue weighted by molar-refractivity contribution is -0.00805. The molecule has 0 bridgehead atoms. The van der Waals surface area contributed by atoms with Crippen molar-refractivity contribution in [3.8, 4) is 0 Å². The van der Waals surface area contributed by atoms with Crippen molar-refractivity contribution >= 4 is 11.9 Å². The number of amides is 1. The van der Waals surface area contributed by atoms with E-state index in [1.807, 2.05) is 62.7 Å². The van der Waals surface area contributed by atoms with Gasteiger partial charge in [0.1, 0.15) is 6.10 Å². The Hall–Kier alpha value is -2.91. The molecule has 1 aromatic heterocycles. The smallest absolute Gasteiger partial charge is 0.251 e. The lowest BCUT2D eigenvalue weighted by Crippen LogP contribution is -2.47. The Bertz CT molecular complexity index is 893. The van der Waals surface area contributed by atoms with Crippen LogP contribution in [0.5, 0.6) is 0 Å². The van der Waals surface area contributed by atoms with Crippen molar-refractivity contribution in [2.75, 3.05) is 53.9 Å². The maximum absolute atomic E-state index is 12.4. The van der Waals surface area contributed by atoms with Crippen LogP contribution in [-0.2, 0) is 18.3 Å². The second kappa shape index (κ2) is 10.9. The lowest BCUT2D eigenvalue weighted by Gasteiger charge is -2.34. The van der Waals surface area contributed by atoms with Gasteiger partial charge in [-0.3, -0.25) is 14.5 Å². The van der Waals surface area contributed by atoms with Crippen LogP contribution in [0.2, 0.25) is 0 Å². The Morgan fingerprint density at radius 1 is 1.35 bits per heavy atom. The van der Waals surface area contributed by atoms with E-state index in [1.165, 1.54) is 0 Å². The molecule has 1 aliphatic heterocycles. The molecule has 2 aromatic rings. The highest BCUT2D eigenvalue weighted by atomic mass is 16.5. The van der Waals surface area contributed by atoms with Crippen molar-refractivity contribution in [2.45, 2.75) is 12.6 Å². The number of aliphatic imine (C=N–C) groups is 1. The monoisotopic (exact) mass is 427 g/mol. The first-order valence-corrected chi connectivity index (χ1v) is 10.5. The highest BCUT2D eigenvalue weighted by Gasteiger charge is 2.25. The number of hydrogen-bond donors (Lipinski definition) is 2. The number of aryl methyl sites for hydroxylation is 1. The van der Waals surface area contributed by atoms with Gasteiger partial charge in [0.15, 0.2) is 5.96 Å². The molecule has 0 radical (unpaired) electrons. The van der Waals surface area contributed by atoms with Crippen molar-refractivity contribution in [3.05, 3.63) is 53.3 Å². The summed E-state index contributed by atoms with van der Waals surface area (Å²) < 4.78 is 7.71. The van der Waals surface area contributed by atoms with Crippen molar-refractivity contribution in [2.24, 2.45) is 12.0 Å². The Labute approximate surface area is 184 Å². The summed E-state index contributed by atoms with van der Waals surface area (Å²) >= 11 is 0. The molecule has 1 aliphatic rings. The second-order valence-electron chi connectivity index (χ2n) is 7.91. The number of rotatable bonds is 7. The van der Waals surface area contributed by atoms with Gasteiger partial charge in [0.25, 0.3) is 5.91 Å². The van der Waals surface area contributed by atoms with Crippen LogP contribution in [0.3, 0.4) is 0 Å². The summed E-state index contributed by atoms with van der Waals surface area (Å²) in [7, 11) is 7.66. The number of benzene rings is 1. The summed E-state index contributed by atoms with van der Waals surface area (Å²) in [6, 6.07) is 7.68. The summed E-state index contributed by atoms with van der Waals surface area (Å²) in [6.07, 6.45) is 3.80. The predicted octanol–water partition coefficient (Wildman–Crippen LogP) is 0.860. The summed E-state index contributed by atoms with van der Waals surface area (Å²) in [5.74, 6) is 0.763. The third-order valence-electron chi connectivity index (χ3n) is 5.16. The third kappa shape index (κ3) is 6.53. The van der Waals surface area contributed by atoms with Gasteiger partial charge in [0.05, 0.1) is 19.3 Å². The van der Waals surface area contributed by atoms with Crippen molar-refractivity contribution in [1.82, 2.24) is 30.2 Å². The molecule has 0 spiro atoms. The lowest BCUT2D eigenvalue weighted by atomic mass is 10.1. The maximum Gasteiger partial charge on any atom is 0.251 e. The first-order valence-electron chi connectivity index (χ1n) is 10.5. The number of hydrogen-bond acceptors (Lipinski definition) is 5. The second-order valence-corrected chi connectivity index (χ2v) is 7.91. The Kier molecular flexibility index (Phi) is 8.02. The molecule has 3 rings (SSSR count). The number of carbonyl (C=O) groups excluding carboxylic acids is 1. The quantitative estimate of drug-likeness (QED) is 0.504. The summed E-state index contributed by atoms with van der Waals surface area (Å²) in [5.41, 5.74) is 2.75. The molecule has 168 valence electrons. The zero-order valence-corrected chi connectivity index (χ0v) is 18.8. The van der Waals surface area contributed by atoms with E-state index in [1.54, 1.807) is 11.7 Å². The van der Waals surface area contributed by atoms with Crippen LogP contribution in [0.1, 0.15) is 27.6 Å². The minimum absolute atomic E-state index is 0.0322. The number of likely N-dealkylation sites (N-methyl/N-ethyl adjacent to an activating group) is 1. The molecule has 1 fully saturated rings. The van der Waals surface area contributed by atoms with Gasteiger partial charge in [0, 0.05) is 57.6 Å². The van der Waals surface area contributed by atoms with Crippen LogP contribution >= 0.6 is 0 Å². The van der Waals surface area contributed by atoms with E-state index >= 15 is 0 Å². The summed E-state index contributed by atoms with van der Waals surface area (Å²) in [6.45, 7) is 4.12. The van der Waals surface area contributed by atoms with Crippen molar-refractivity contribution in [3.63, 3.8) is 0 Å². The van der Waals surface area contributed by atoms with E-state index in [0.717, 1.165) is 30.2 Å². The Morgan fingerprint density at radius 3 is 2.90 bits per heavy atom. The fourth-order valence-electron chi connectivity index (χ4n) is 3.48. The highest BCUT2D eigenvalue weighted by Crippen LogP contribution is 2.21. The van der Waals surface area contributed by atoms with Gasteiger partial charge in [-0.05, 0) is 31.8 Å². The standard InChI is InChI=1S/C22H33N7O2/c1-23-22(29-10-11-31-20(16-29)19-14-26-28(4)15-19)25-13-17-6-5-7-18(12-17)21(30)24-8-9-27(2)3/h5-7,12,14-15,20H,8-11,13,16H2,1-4H3,(H,23,25)(H,24,30). The van der Waals surface area contributed by atoms with E-state index < -0.39 is 0 Å². The van der Waals surface area contributed by atoms with E-state index in [4.69, 9.17) is 4.74 Å². The summed E-state index contributed by atoms with van der Waals surface area (Å²) in [5, 5.41) is 10.6. The molecule has 9 nitrogen and oxygen atoms in total. The third-order valence-corrected chi connectivity index (χ3v) is 5.16. The van der Waals surface area contributed by atoms with E-state index in [0.29, 0.717) is 31.8 Å². The fraction of sp³-hybridized carbons (Fsp3) is 0.500. The summed E-state index contributed by atoms with van der Waals surface area (Å²) in [4.78, 5) is 21.1. The van der Waals surface area contributed by atoms with Crippen LogP contribution in [-0.4, -0.2) is 85.4 Å². The maximum atomic E-state index is 12.4. The number of nitrogens with zero attached hydrogens (tertiary/aromatic N) is 5. The molecule has 1 atom stereocenters. The average Bonchev–Trinajstić information content (AvgIpc) is 3.21. The molecule has 1 unspecified atom stereocenters. The van der Waals surface area contributed by atoms with Gasteiger partial charge in [-0.2, -0.15) is 5.10 Å². The van der Waals surface area contributed by atoms with E-state index in [9.17, 15) is 4.79 Å². The molecule has 1 aromatic carbocycles. The minimum atomic E-state index is -0.0550. The van der Waals surface area contributed by atoms with Crippen LogP contribution in [0.15, 0.2) is 41.7 Å². The number of morpholine rings is 1. The number of nitrogens with one attached hydrogen (secondary N) is 2. The molecule has 1 amide bonds. The van der Waals surface area contributed by atoms with Crippen molar-refractivity contribution in [1.29, 1.82) is 0 Å². The number of guanidine groups is 1. The van der Waals surface area contributed by atoms with E-state index in [-0.39, 0.29) is 12.0 Å². The molecule has 31 heavy (non-hydrogen) atoms. The van der Waals surface area contributed by atoms with Gasteiger partial charge in [-0.25, -0.2) is 0 Å². The molecular weight excluding hydrogens is 394 g/mol. The Balaban J connectivity index is 1.56. The normalized spacial score (nSPS) is 17.1. The van der Waals surface area contributed by atoms with Gasteiger partial charge < -0.3 is 25.2 Å². The van der Waals surface area contributed by atoms with Crippen molar-refractivity contribution < 1.29 is 9.53 Å². The molecule has 0 aliphatic carbocycles. The van der Waals surface area contributed by atoms with Crippen LogP contribution in [0.25, 0.3) is 0 Å². The minimum Gasteiger partial charge on any atom is -0.370 e. The van der Waals surface area contributed by atoms with Gasteiger partial charge in [0.2, 0.25) is 0 Å². The van der Waals surface area contributed by atoms with Gasteiger partial charge in [-0.1, -0.05) is 12.1 Å². The van der Waals surface area contributed by atoms with E-state index in [2.05, 4.69) is 25.6 Å². The van der Waals surface area contributed by atoms with Crippen LogP contribution in [0, 0.1) is 0 Å². The van der Waals surface area contributed by atoms with Gasteiger partial charge in [-0.15, -0.1) is 0 Å². The molecule has 1 saturated heterocycles. The van der Waals surface area contributed by atoms with Crippen LogP contribution < -0.4 is 10.6 Å². The van der Waals surface area contributed by atoms with Gasteiger partial charge >= 0.3 is 0 Å². The molecule has 9 heteroatoms. The topological polar surface area (TPSA) is 87.0 Å². The molecular formula is C22H33N7O2. The molecule has 2 N–H and O–H groups in total. The first-order chi connectivity index (χ1) is 15.0. The van der Waals surface area contributed by atoms with Crippen LogP contribution in [0.4, 0.5) is 0 Å². The zero-order valence-electron chi connectivity index (χ0n) is 18.8. The molecule has 2 heterocycles. The predicted molar refractivity (Wildman–Crippen MR) is 121 cm³/mol.